The first-order valence-electron chi connectivity index (χ1n) is 10.4. The highest BCUT2D eigenvalue weighted by Gasteiger charge is 2.20. The fraction of sp³-hybridized carbons (Fsp3) is 0.600. The standard InChI is InChI=1S/C18H27N5O.C2H2O4/c24-18-22(14-20-10-3-1-4-11-20)16-8-7-9-19-17(16)23(18)15-21-12-5-2-6-13-21;3-1(4)2(5)6/h7-9H,1-6,10-15H2;(H,3,4)(H,5,6)/p-2. The zero-order chi connectivity index (χ0) is 21.5. The summed E-state index contributed by atoms with van der Waals surface area (Å²) in [4.78, 5) is 40.2. The Bertz CT molecular complexity index is 853. The van der Waals surface area contributed by atoms with E-state index in [2.05, 4.69) is 14.8 Å². The van der Waals surface area contributed by atoms with Crippen LogP contribution in [0.5, 0.6) is 0 Å². The molecule has 10 nitrogen and oxygen atoms in total. The molecule has 2 aliphatic rings. The largest absolute Gasteiger partial charge is 0.543 e. The van der Waals surface area contributed by atoms with E-state index < -0.39 is 11.9 Å². The van der Waals surface area contributed by atoms with Crippen molar-refractivity contribution in [2.45, 2.75) is 51.9 Å². The molecule has 0 spiro atoms. The Morgan fingerprint density at radius 3 is 1.83 bits per heavy atom. The SMILES string of the molecule is O=C([O-])C(=O)[O-].O=c1n(CN2CCCCC2)c2cccnc2n1CN1CCCCC1. The zero-order valence-electron chi connectivity index (χ0n) is 17.0. The van der Waals surface area contributed by atoms with Crippen LogP contribution < -0.4 is 15.9 Å². The summed E-state index contributed by atoms with van der Waals surface area (Å²) in [5.74, 6) is -4.37. The third-order valence-corrected chi connectivity index (χ3v) is 5.52. The van der Waals surface area contributed by atoms with Crippen molar-refractivity contribution in [2.24, 2.45) is 0 Å². The van der Waals surface area contributed by atoms with Crippen LogP contribution in [0, 0.1) is 0 Å². The van der Waals surface area contributed by atoms with E-state index in [4.69, 9.17) is 19.8 Å². The maximum atomic E-state index is 13.1. The summed E-state index contributed by atoms with van der Waals surface area (Å²) in [6, 6.07) is 3.96. The molecule has 30 heavy (non-hydrogen) atoms. The second-order valence-corrected chi connectivity index (χ2v) is 7.70. The minimum absolute atomic E-state index is 0.0832. The molecule has 0 atom stereocenters. The van der Waals surface area contributed by atoms with Crippen molar-refractivity contribution < 1.29 is 19.8 Å². The number of aromatic nitrogens is 3. The Morgan fingerprint density at radius 2 is 1.33 bits per heavy atom. The lowest BCUT2D eigenvalue weighted by molar-refractivity contribution is -0.345. The molecule has 0 radical (unpaired) electrons. The van der Waals surface area contributed by atoms with Gasteiger partial charge in [0.1, 0.15) is 0 Å². The van der Waals surface area contributed by atoms with Crippen LogP contribution >= 0.6 is 0 Å². The molecule has 4 rings (SSSR count). The van der Waals surface area contributed by atoms with Gasteiger partial charge in [0.2, 0.25) is 0 Å². The van der Waals surface area contributed by atoms with Crippen LogP contribution in [0.3, 0.4) is 0 Å². The Balaban J connectivity index is 0.000000377. The van der Waals surface area contributed by atoms with E-state index in [9.17, 15) is 4.79 Å². The number of imidazole rings is 1. The number of carbonyl (C=O) groups is 2. The minimum Gasteiger partial charge on any atom is -0.543 e. The minimum atomic E-state index is -2.19. The number of aliphatic carboxylic acids is 2. The molecule has 164 valence electrons. The predicted octanol–water partition coefficient (Wildman–Crippen LogP) is -1.43. The molecule has 2 aromatic rings. The van der Waals surface area contributed by atoms with Crippen molar-refractivity contribution in [3.8, 4) is 0 Å². The number of carboxylic acid groups (broad SMARTS) is 2. The first-order chi connectivity index (χ1) is 14.5. The van der Waals surface area contributed by atoms with E-state index in [0.717, 1.165) is 37.3 Å². The third kappa shape index (κ3) is 5.45. The Labute approximate surface area is 174 Å². The molecule has 0 N–H and O–H groups in total. The highest BCUT2D eigenvalue weighted by molar-refractivity contribution is 6.25. The number of likely N-dealkylation sites (tertiary alicyclic amines) is 2. The summed E-state index contributed by atoms with van der Waals surface area (Å²) >= 11 is 0. The monoisotopic (exact) mass is 417 g/mol. The van der Waals surface area contributed by atoms with Crippen molar-refractivity contribution in [1.82, 2.24) is 23.9 Å². The van der Waals surface area contributed by atoms with Gasteiger partial charge in [-0.25, -0.2) is 9.78 Å². The van der Waals surface area contributed by atoms with Crippen LogP contribution in [0.1, 0.15) is 38.5 Å². The summed E-state index contributed by atoms with van der Waals surface area (Å²) in [5.41, 5.74) is 1.87. The fourth-order valence-electron chi connectivity index (χ4n) is 4.01. The summed E-state index contributed by atoms with van der Waals surface area (Å²) in [6.07, 6.45) is 9.34. The third-order valence-electron chi connectivity index (χ3n) is 5.52. The van der Waals surface area contributed by atoms with Gasteiger partial charge in [0.05, 0.1) is 30.8 Å². The van der Waals surface area contributed by atoms with E-state index in [-0.39, 0.29) is 5.69 Å². The average molecular weight is 417 g/mol. The molecule has 2 aromatic heterocycles. The quantitative estimate of drug-likeness (QED) is 0.554. The van der Waals surface area contributed by atoms with Gasteiger partial charge < -0.3 is 19.8 Å². The number of nitrogens with zero attached hydrogens (tertiary/aromatic N) is 5. The van der Waals surface area contributed by atoms with Crippen molar-refractivity contribution in [2.75, 3.05) is 26.2 Å². The summed E-state index contributed by atoms with van der Waals surface area (Å²) in [5, 5.41) is 17.9. The molecular weight excluding hydrogens is 390 g/mol. The predicted molar refractivity (Wildman–Crippen MR) is 105 cm³/mol. The number of hydrogen-bond acceptors (Lipinski definition) is 8. The Hall–Kier alpha value is -2.72. The van der Waals surface area contributed by atoms with Gasteiger partial charge in [-0.2, -0.15) is 0 Å². The summed E-state index contributed by atoms with van der Waals surface area (Å²) in [7, 11) is 0. The second kappa shape index (κ2) is 10.4. The van der Waals surface area contributed by atoms with Gasteiger partial charge in [-0.05, 0) is 64.0 Å². The molecule has 4 heterocycles. The number of fused-ring (bicyclic) bond motifs is 1. The van der Waals surface area contributed by atoms with Crippen LogP contribution in [-0.4, -0.2) is 62.0 Å². The molecule has 0 amide bonds. The Kier molecular flexibility index (Phi) is 7.58. The maximum absolute atomic E-state index is 13.1. The maximum Gasteiger partial charge on any atom is 0.332 e. The van der Waals surface area contributed by atoms with E-state index >= 15 is 0 Å². The molecule has 2 fully saturated rings. The van der Waals surface area contributed by atoms with Crippen LogP contribution in [0.15, 0.2) is 23.1 Å². The van der Waals surface area contributed by atoms with Crippen molar-refractivity contribution >= 4 is 23.1 Å². The fourth-order valence-corrected chi connectivity index (χ4v) is 4.01. The normalized spacial score (nSPS) is 18.0. The lowest BCUT2D eigenvalue weighted by atomic mass is 10.1. The van der Waals surface area contributed by atoms with Gasteiger partial charge in [0.15, 0.2) is 5.65 Å². The summed E-state index contributed by atoms with van der Waals surface area (Å²) < 4.78 is 3.78. The molecular formula is C20H27N5O5-2. The molecule has 2 aliphatic heterocycles. The van der Waals surface area contributed by atoms with Crippen LogP contribution in [0.4, 0.5) is 0 Å². The summed E-state index contributed by atoms with van der Waals surface area (Å²) in [6.45, 7) is 5.69. The number of hydrogen-bond donors (Lipinski definition) is 0. The van der Waals surface area contributed by atoms with Gasteiger partial charge in [0, 0.05) is 6.20 Å². The van der Waals surface area contributed by atoms with Crippen LogP contribution in [0.2, 0.25) is 0 Å². The van der Waals surface area contributed by atoms with Gasteiger partial charge in [-0.3, -0.25) is 18.9 Å². The number of pyridine rings is 1. The molecule has 0 aromatic carbocycles. The zero-order valence-corrected chi connectivity index (χ0v) is 17.0. The number of piperidine rings is 2. The van der Waals surface area contributed by atoms with Crippen molar-refractivity contribution in [3.05, 3.63) is 28.8 Å². The highest BCUT2D eigenvalue weighted by Crippen LogP contribution is 2.16. The van der Waals surface area contributed by atoms with Gasteiger partial charge >= 0.3 is 5.69 Å². The molecule has 0 aliphatic carbocycles. The smallest absolute Gasteiger partial charge is 0.332 e. The van der Waals surface area contributed by atoms with E-state index in [1.165, 1.54) is 38.5 Å². The van der Waals surface area contributed by atoms with Crippen molar-refractivity contribution in [1.29, 1.82) is 0 Å². The number of rotatable bonds is 4. The first kappa shape index (κ1) is 22.0. The van der Waals surface area contributed by atoms with Gasteiger partial charge in [-0.1, -0.05) is 12.8 Å². The molecule has 10 heteroatoms. The van der Waals surface area contributed by atoms with Crippen LogP contribution in [-0.2, 0) is 22.9 Å². The topological polar surface area (TPSA) is 127 Å². The van der Waals surface area contributed by atoms with Crippen LogP contribution in [0.25, 0.3) is 11.2 Å². The molecule has 2 saturated heterocycles. The van der Waals surface area contributed by atoms with E-state index in [1.54, 1.807) is 6.20 Å². The van der Waals surface area contributed by atoms with E-state index in [1.807, 2.05) is 21.3 Å². The second-order valence-electron chi connectivity index (χ2n) is 7.70. The van der Waals surface area contributed by atoms with E-state index in [0.29, 0.717) is 13.3 Å². The number of carbonyl (C=O) groups excluding carboxylic acids is 2. The molecule has 0 bridgehead atoms. The first-order valence-corrected chi connectivity index (χ1v) is 10.4. The van der Waals surface area contributed by atoms with Gasteiger partial charge in [-0.15, -0.1) is 0 Å². The average Bonchev–Trinajstić information content (AvgIpc) is 3.02. The molecule has 0 unspecified atom stereocenters. The highest BCUT2D eigenvalue weighted by atomic mass is 16.4. The Morgan fingerprint density at radius 1 is 0.833 bits per heavy atom. The lowest BCUT2D eigenvalue weighted by Gasteiger charge is -2.27. The van der Waals surface area contributed by atoms with Crippen molar-refractivity contribution in [3.63, 3.8) is 0 Å². The lowest BCUT2D eigenvalue weighted by Crippen LogP contribution is -2.42. The molecule has 0 saturated carbocycles. The van der Waals surface area contributed by atoms with Gasteiger partial charge in [0.25, 0.3) is 0 Å². The number of carboxylic acids is 2.